The summed E-state index contributed by atoms with van der Waals surface area (Å²) in [5.41, 5.74) is 1.35. The van der Waals surface area contributed by atoms with Crippen LogP contribution >= 0.6 is 0 Å². The first kappa shape index (κ1) is 9.65. The van der Waals surface area contributed by atoms with Crippen molar-refractivity contribution in [3.63, 3.8) is 0 Å². The highest BCUT2D eigenvalue weighted by Gasteiger charge is 1.97. The van der Waals surface area contributed by atoms with E-state index in [1.54, 1.807) is 25.1 Å². The number of rotatable bonds is 2. The minimum atomic E-state index is -0.287. The molecule has 1 aromatic rings. The molecule has 0 amide bonds. The molecular formula is C11H11FO. The van der Waals surface area contributed by atoms with Crippen molar-refractivity contribution in [3.05, 3.63) is 41.2 Å². The minimum absolute atomic E-state index is 0.00395. The number of Topliss-reactive ketones (excluding diaryl/α,β-unsaturated/α-hetero) is 1. The van der Waals surface area contributed by atoms with Crippen molar-refractivity contribution in [2.24, 2.45) is 0 Å². The smallest absolute Gasteiger partial charge is 0.155 e. The lowest BCUT2D eigenvalue weighted by Gasteiger charge is -1.96. The number of hydrogen-bond acceptors (Lipinski definition) is 1. The molecule has 1 rings (SSSR count). The molecule has 0 spiro atoms. The molecule has 0 aliphatic heterocycles. The number of hydrogen-bond donors (Lipinski definition) is 0. The van der Waals surface area contributed by atoms with Gasteiger partial charge in [0.2, 0.25) is 0 Å². The van der Waals surface area contributed by atoms with Gasteiger partial charge in [-0.2, -0.15) is 0 Å². The van der Waals surface area contributed by atoms with E-state index in [0.717, 1.165) is 0 Å². The van der Waals surface area contributed by atoms with E-state index in [2.05, 4.69) is 0 Å². The molecule has 68 valence electrons. The van der Waals surface area contributed by atoms with Crippen molar-refractivity contribution in [3.8, 4) is 0 Å². The van der Waals surface area contributed by atoms with Gasteiger partial charge >= 0.3 is 0 Å². The molecule has 0 N–H and O–H groups in total. The van der Waals surface area contributed by atoms with Gasteiger partial charge in [0.25, 0.3) is 0 Å². The maximum absolute atomic E-state index is 12.7. The fourth-order valence-electron chi connectivity index (χ4n) is 0.948. The number of carbonyl (C=O) groups excluding carboxylic acids is 1. The van der Waals surface area contributed by atoms with E-state index in [1.807, 2.05) is 0 Å². The van der Waals surface area contributed by atoms with E-state index in [9.17, 15) is 9.18 Å². The predicted molar refractivity (Wildman–Crippen MR) is 50.7 cm³/mol. The lowest BCUT2D eigenvalue weighted by atomic mass is 10.1. The van der Waals surface area contributed by atoms with Gasteiger partial charge in [-0.15, -0.1) is 0 Å². The average Bonchev–Trinajstić information content (AvgIpc) is 2.04. The van der Waals surface area contributed by atoms with E-state index in [1.165, 1.54) is 19.1 Å². The Balaban J connectivity index is 2.97. The molecule has 0 saturated carbocycles. The molecule has 0 atom stereocenters. The third kappa shape index (κ3) is 2.82. The summed E-state index contributed by atoms with van der Waals surface area (Å²) >= 11 is 0. The Morgan fingerprint density at radius 2 is 2.08 bits per heavy atom. The zero-order valence-electron chi connectivity index (χ0n) is 7.67. The first-order valence-electron chi connectivity index (χ1n) is 4.04. The molecule has 0 aromatic heterocycles. The minimum Gasteiger partial charge on any atom is -0.295 e. The summed E-state index contributed by atoms with van der Waals surface area (Å²) in [7, 11) is 0. The molecular weight excluding hydrogens is 167 g/mol. The molecule has 0 heterocycles. The third-order valence-corrected chi connectivity index (χ3v) is 1.79. The largest absolute Gasteiger partial charge is 0.295 e. The van der Waals surface area contributed by atoms with Crippen LogP contribution in [0.5, 0.6) is 0 Å². The van der Waals surface area contributed by atoms with Gasteiger partial charge < -0.3 is 0 Å². The van der Waals surface area contributed by atoms with Gasteiger partial charge in [0.15, 0.2) is 5.78 Å². The zero-order valence-corrected chi connectivity index (χ0v) is 7.67. The fraction of sp³-hybridized carbons (Fsp3) is 0.182. The molecule has 1 aromatic carbocycles. The Kier molecular flexibility index (Phi) is 2.96. The third-order valence-electron chi connectivity index (χ3n) is 1.79. The Bertz CT molecular complexity index is 353. The van der Waals surface area contributed by atoms with Gasteiger partial charge in [0.05, 0.1) is 0 Å². The van der Waals surface area contributed by atoms with Crippen LogP contribution in [-0.2, 0) is 4.79 Å². The number of allylic oxidation sites excluding steroid dienone is 1. The quantitative estimate of drug-likeness (QED) is 0.636. The normalized spacial score (nSPS) is 11.5. The van der Waals surface area contributed by atoms with E-state index in [0.29, 0.717) is 11.1 Å². The van der Waals surface area contributed by atoms with Crippen LogP contribution in [-0.4, -0.2) is 5.78 Å². The van der Waals surface area contributed by atoms with Crippen LogP contribution in [0.1, 0.15) is 19.4 Å². The van der Waals surface area contributed by atoms with Crippen molar-refractivity contribution in [1.82, 2.24) is 0 Å². The van der Waals surface area contributed by atoms with Crippen LogP contribution in [0.15, 0.2) is 29.8 Å². The van der Waals surface area contributed by atoms with E-state index in [-0.39, 0.29) is 11.6 Å². The van der Waals surface area contributed by atoms with Gasteiger partial charge in [-0.05, 0) is 43.2 Å². The Morgan fingerprint density at radius 1 is 1.38 bits per heavy atom. The monoisotopic (exact) mass is 178 g/mol. The second kappa shape index (κ2) is 3.99. The van der Waals surface area contributed by atoms with Gasteiger partial charge in [-0.25, -0.2) is 4.39 Å². The van der Waals surface area contributed by atoms with Crippen LogP contribution in [0.4, 0.5) is 4.39 Å². The number of ketones is 1. The van der Waals surface area contributed by atoms with Crippen molar-refractivity contribution < 1.29 is 9.18 Å². The van der Waals surface area contributed by atoms with Gasteiger partial charge in [-0.1, -0.05) is 12.1 Å². The number of halogens is 1. The fourth-order valence-corrected chi connectivity index (χ4v) is 0.948. The molecule has 0 bridgehead atoms. The summed E-state index contributed by atoms with van der Waals surface area (Å²) in [4.78, 5) is 10.9. The highest BCUT2D eigenvalue weighted by molar-refractivity contribution is 5.97. The van der Waals surface area contributed by atoms with Crippen LogP contribution in [0.3, 0.4) is 0 Å². The second-order valence-electron chi connectivity index (χ2n) is 2.94. The van der Waals surface area contributed by atoms with Crippen LogP contribution in [0.25, 0.3) is 6.08 Å². The maximum atomic E-state index is 12.7. The van der Waals surface area contributed by atoms with Crippen LogP contribution < -0.4 is 0 Å². The Hall–Kier alpha value is -1.44. The SMILES string of the molecule is CC(=O)/C(C)=C\c1cccc(F)c1. The maximum Gasteiger partial charge on any atom is 0.155 e. The van der Waals surface area contributed by atoms with Gasteiger partial charge in [0, 0.05) is 0 Å². The molecule has 1 nitrogen and oxygen atoms in total. The highest BCUT2D eigenvalue weighted by atomic mass is 19.1. The summed E-state index contributed by atoms with van der Waals surface area (Å²) in [6.45, 7) is 3.21. The Labute approximate surface area is 76.9 Å². The summed E-state index contributed by atoms with van der Waals surface area (Å²) < 4.78 is 12.7. The van der Waals surface area contributed by atoms with Gasteiger partial charge in [0.1, 0.15) is 5.82 Å². The lowest BCUT2D eigenvalue weighted by molar-refractivity contribution is -0.113. The molecule has 0 unspecified atom stereocenters. The molecule has 13 heavy (non-hydrogen) atoms. The van der Waals surface area contributed by atoms with E-state index >= 15 is 0 Å². The first-order chi connectivity index (χ1) is 6.09. The molecule has 0 aliphatic carbocycles. The van der Waals surface area contributed by atoms with Crippen molar-refractivity contribution in [1.29, 1.82) is 0 Å². The average molecular weight is 178 g/mol. The number of carbonyl (C=O) groups is 1. The van der Waals surface area contributed by atoms with E-state index in [4.69, 9.17) is 0 Å². The molecule has 0 saturated heterocycles. The Morgan fingerprint density at radius 3 is 2.62 bits per heavy atom. The first-order valence-corrected chi connectivity index (χ1v) is 4.04. The zero-order chi connectivity index (χ0) is 9.84. The topological polar surface area (TPSA) is 17.1 Å². The summed E-state index contributed by atoms with van der Waals surface area (Å²) in [5.74, 6) is -0.283. The standard InChI is InChI=1S/C11H11FO/c1-8(9(2)13)6-10-4-3-5-11(12)7-10/h3-7H,1-2H3/b8-6-. The second-order valence-corrected chi connectivity index (χ2v) is 2.94. The summed E-state index contributed by atoms with van der Waals surface area (Å²) in [5, 5.41) is 0. The molecule has 0 aliphatic rings. The lowest BCUT2D eigenvalue weighted by Crippen LogP contribution is -1.90. The van der Waals surface area contributed by atoms with Crippen molar-refractivity contribution in [2.75, 3.05) is 0 Å². The van der Waals surface area contributed by atoms with Crippen molar-refractivity contribution in [2.45, 2.75) is 13.8 Å². The van der Waals surface area contributed by atoms with E-state index < -0.39 is 0 Å². The molecule has 2 heteroatoms. The molecule has 0 fully saturated rings. The predicted octanol–water partition coefficient (Wildman–Crippen LogP) is 2.82. The van der Waals surface area contributed by atoms with Crippen molar-refractivity contribution >= 4 is 11.9 Å². The van der Waals surface area contributed by atoms with Gasteiger partial charge in [-0.3, -0.25) is 4.79 Å². The summed E-state index contributed by atoms with van der Waals surface area (Å²) in [6, 6.07) is 6.15. The summed E-state index contributed by atoms with van der Waals surface area (Å²) in [6.07, 6.45) is 1.67. The molecule has 0 radical (unpaired) electrons. The van der Waals surface area contributed by atoms with Crippen LogP contribution in [0.2, 0.25) is 0 Å². The number of benzene rings is 1. The van der Waals surface area contributed by atoms with Crippen LogP contribution in [0, 0.1) is 5.82 Å². The highest BCUT2D eigenvalue weighted by Crippen LogP contribution is 2.08.